The Morgan fingerprint density at radius 3 is 2.85 bits per heavy atom. The second-order valence-electron chi connectivity index (χ2n) is 6.40. The number of aryl methyl sites for hydroxylation is 2. The van der Waals surface area contributed by atoms with Crippen LogP contribution in [0.25, 0.3) is 0 Å². The molecular weight excluding hydrogens is 246 g/mol. The van der Waals surface area contributed by atoms with E-state index in [-0.39, 0.29) is 5.54 Å². The van der Waals surface area contributed by atoms with Crippen LogP contribution in [0.3, 0.4) is 0 Å². The predicted molar refractivity (Wildman–Crippen MR) is 82.0 cm³/mol. The van der Waals surface area contributed by atoms with Gasteiger partial charge in [0.1, 0.15) is 0 Å². The van der Waals surface area contributed by atoms with Gasteiger partial charge in [-0.2, -0.15) is 0 Å². The number of nitrogens with one attached hydrogen (secondary N) is 1. The summed E-state index contributed by atoms with van der Waals surface area (Å²) in [7, 11) is 0. The average molecular weight is 269 g/mol. The maximum absolute atomic E-state index is 4.65. The fraction of sp³-hybridized carbons (Fsp3) is 0.471. The van der Waals surface area contributed by atoms with Crippen molar-refractivity contribution in [1.29, 1.82) is 0 Å². The molecule has 0 saturated heterocycles. The molecule has 0 atom stereocenters. The van der Waals surface area contributed by atoms with E-state index in [0.29, 0.717) is 0 Å². The lowest BCUT2D eigenvalue weighted by atomic mass is 9.93. The fourth-order valence-electron chi connectivity index (χ4n) is 3.11. The van der Waals surface area contributed by atoms with Crippen LogP contribution in [0.1, 0.15) is 41.9 Å². The SMILES string of the molecule is Cc1ccc(Cn2cnc3c2CCNC3(C)C)c(C)c1. The Labute approximate surface area is 121 Å². The lowest BCUT2D eigenvalue weighted by Crippen LogP contribution is -2.43. The summed E-state index contributed by atoms with van der Waals surface area (Å²) in [5.41, 5.74) is 6.64. The number of imidazole rings is 1. The average Bonchev–Trinajstić information content (AvgIpc) is 2.77. The van der Waals surface area contributed by atoms with Gasteiger partial charge in [-0.05, 0) is 38.8 Å². The molecule has 0 spiro atoms. The van der Waals surface area contributed by atoms with Crippen LogP contribution in [0.5, 0.6) is 0 Å². The standard InChI is InChI=1S/C17H23N3/c1-12-5-6-14(13(2)9-12)10-20-11-18-16-15(20)7-8-19-17(16,3)4/h5-6,9,11,19H,7-8,10H2,1-4H3. The van der Waals surface area contributed by atoms with Crippen LogP contribution in [0.15, 0.2) is 24.5 Å². The smallest absolute Gasteiger partial charge is 0.0955 e. The van der Waals surface area contributed by atoms with Crippen molar-refractivity contribution in [2.75, 3.05) is 6.54 Å². The van der Waals surface area contributed by atoms with E-state index in [1.54, 1.807) is 0 Å². The van der Waals surface area contributed by atoms with Crippen LogP contribution in [0.2, 0.25) is 0 Å². The number of hydrogen-bond donors (Lipinski definition) is 1. The second kappa shape index (κ2) is 4.74. The number of nitrogens with zero attached hydrogens (tertiary/aromatic N) is 2. The normalized spacial score (nSPS) is 17.0. The molecule has 3 nitrogen and oxygen atoms in total. The van der Waals surface area contributed by atoms with Gasteiger partial charge in [0.15, 0.2) is 0 Å². The first-order chi connectivity index (χ1) is 9.47. The zero-order valence-electron chi connectivity index (χ0n) is 12.8. The Kier molecular flexibility index (Phi) is 3.17. The minimum atomic E-state index is -0.0127. The molecule has 1 aliphatic rings. The Morgan fingerprint density at radius 2 is 2.10 bits per heavy atom. The maximum atomic E-state index is 4.65. The van der Waals surface area contributed by atoms with Crippen molar-refractivity contribution < 1.29 is 0 Å². The van der Waals surface area contributed by atoms with Crippen LogP contribution in [0.4, 0.5) is 0 Å². The number of hydrogen-bond acceptors (Lipinski definition) is 2. The summed E-state index contributed by atoms with van der Waals surface area (Å²) < 4.78 is 2.32. The third-order valence-electron chi connectivity index (χ3n) is 4.31. The third kappa shape index (κ3) is 2.27. The third-order valence-corrected chi connectivity index (χ3v) is 4.31. The van der Waals surface area contributed by atoms with Crippen LogP contribution >= 0.6 is 0 Å². The molecule has 0 amide bonds. The molecule has 1 N–H and O–H groups in total. The lowest BCUT2D eigenvalue weighted by molar-refractivity contribution is 0.368. The van der Waals surface area contributed by atoms with E-state index >= 15 is 0 Å². The fourth-order valence-corrected chi connectivity index (χ4v) is 3.11. The summed E-state index contributed by atoms with van der Waals surface area (Å²) in [5.74, 6) is 0. The molecule has 0 fully saturated rings. The van der Waals surface area contributed by atoms with Gasteiger partial charge in [0.2, 0.25) is 0 Å². The summed E-state index contributed by atoms with van der Waals surface area (Å²) in [6, 6.07) is 6.69. The monoisotopic (exact) mass is 269 g/mol. The minimum absolute atomic E-state index is 0.0127. The molecule has 2 heterocycles. The molecule has 1 aliphatic heterocycles. The second-order valence-corrected chi connectivity index (χ2v) is 6.40. The van der Waals surface area contributed by atoms with Gasteiger partial charge in [-0.3, -0.25) is 0 Å². The largest absolute Gasteiger partial charge is 0.330 e. The Morgan fingerprint density at radius 1 is 1.30 bits per heavy atom. The Hall–Kier alpha value is -1.61. The van der Waals surface area contributed by atoms with Crippen molar-refractivity contribution in [2.24, 2.45) is 0 Å². The first-order valence-corrected chi connectivity index (χ1v) is 7.33. The number of benzene rings is 1. The van der Waals surface area contributed by atoms with Crippen molar-refractivity contribution in [3.63, 3.8) is 0 Å². The van der Waals surface area contributed by atoms with Crippen LogP contribution in [-0.2, 0) is 18.5 Å². The van der Waals surface area contributed by atoms with Crippen molar-refractivity contribution in [1.82, 2.24) is 14.9 Å². The van der Waals surface area contributed by atoms with E-state index in [9.17, 15) is 0 Å². The molecule has 1 aromatic heterocycles. The highest BCUT2D eigenvalue weighted by atomic mass is 15.1. The quantitative estimate of drug-likeness (QED) is 0.908. The van der Waals surface area contributed by atoms with Crippen molar-refractivity contribution in [3.8, 4) is 0 Å². The van der Waals surface area contributed by atoms with Gasteiger partial charge >= 0.3 is 0 Å². The predicted octanol–water partition coefficient (Wildman–Crippen LogP) is 2.93. The molecule has 0 aliphatic carbocycles. The van der Waals surface area contributed by atoms with E-state index in [1.165, 1.54) is 28.1 Å². The zero-order chi connectivity index (χ0) is 14.3. The molecule has 1 aromatic carbocycles. The molecule has 0 saturated carbocycles. The number of fused-ring (bicyclic) bond motifs is 1. The molecule has 20 heavy (non-hydrogen) atoms. The minimum Gasteiger partial charge on any atom is -0.330 e. The van der Waals surface area contributed by atoms with Gasteiger partial charge in [-0.1, -0.05) is 23.8 Å². The summed E-state index contributed by atoms with van der Waals surface area (Å²) in [6.45, 7) is 10.7. The highest BCUT2D eigenvalue weighted by molar-refractivity contribution is 5.32. The molecular formula is C17H23N3. The summed E-state index contributed by atoms with van der Waals surface area (Å²) >= 11 is 0. The Bertz CT molecular complexity index is 638. The lowest BCUT2D eigenvalue weighted by Gasteiger charge is -2.31. The zero-order valence-corrected chi connectivity index (χ0v) is 12.8. The van der Waals surface area contributed by atoms with Gasteiger partial charge in [-0.15, -0.1) is 0 Å². The summed E-state index contributed by atoms with van der Waals surface area (Å²) in [6.07, 6.45) is 3.06. The highest BCUT2D eigenvalue weighted by Gasteiger charge is 2.30. The first kappa shape index (κ1) is 13.4. The molecule has 3 heteroatoms. The van der Waals surface area contributed by atoms with Gasteiger partial charge in [0, 0.05) is 25.2 Å². The molecule has 106 valence electrons. The number of aromatic nitrogens is 2. The van der Waals surface area contributed by atoms with E-state index in [1.807, 2.05) is 6.33 Å². The van der Waals surface area contributed by atoms with E-state index in [4.69, 9.17) is 0 Å². The summed E-state index contributed by atoms with van der Waals surface area (Å²) in [5, 5.41) is 3.53. The van der Waals surface area contributed by atoms with Gasteiger partial charge in [-0.25, -0.2) is 4.98 Å². The first-order valence-electron chi connectivity index (χ1n) is 7.33. The maximum Gasteiger partial charge on any atom is 0.0955 e. The van der Waals surface area contributed by atoms with Crippen LogP contribution in [0, 0.1) is 13.8 Å². The summed E-state index contributed by atoms with van der Waals surface area (Å²) in [4.78, 5) is 4.65. The van der Waals surface area contributed by atoms with E-state index < -0.39 is 0 Å². The van der Waals surface area contributed by atoms with Gasteiger partial charge in [0.05, 0.1) is 17.6 Å². The van der Waals surface area contributed by atoms with E-state index in [2.05, 4.69) is 60.8 Å². The molecule has 0 unspecified atom stereocenters. The number of rotatable bonds is 2. The van der Waals surface area contributed by atoms with Crippen LogP contribution < -0.4 is 5.32 Å². The van der Waals surface area contributed by atoms with Gasteiger partial charge < -0.3 is 9.88 Å². The van der Waals surface area contributed by atoms with E-state index in [0.717, 1.165) is 19.5 Å². The van der Waals surface area contributed by atoms with Crippen LogP contribution in [-0.4, -0.2) is 16.1 Å². The molecule has 0 radical (unpaired) electrons. The van der Waals surface area contributed by atoms with Crippen molar-refractivity contribution in [2.45, 2.75) is 46.2 Å². The highest BCUT2D eigenvalue weighted by Crippen LogP contribution is 2.27. The van der Waals surface area contributed by atoms with Crippen molar-refractivity contribution >= 4 is 0 Å². The molecule has 3 rings (SSSR count). The Balaban J connectivity index is 1.95. The molecule has 0 bridgehead atoms. The van der Waals surface area contributed by atoms with Gasteiger partial charge in [0.25, 0.3) is 0 Å². The topological polar surface area (TPSA) is 29.9 Å². The van der Waals surface area contributed by atoms with Crippen molar-refractivity contribution in [3.05, 3.63) is 52.6 Å². The molecule has 2 aromatic rings.